The largest absolute Gasteiger partial charge is 0.382 e. The molecule has 2 rings (SSSR count). The molecule has 0 aromatic heterocycles. The van der Waals surface area contributed by atoms with Gasteiger partial charge < -0.3 is 10.6 Å². The summed E-state index contributed by atoms with van der Waals surface area (Å²) in [4.78, 5) is 0. The lowest BCUT2D eigenvalue weighted by molar-refractivity contribution is 0.371. The van der Waals surface area contributed by atoms with Crippen molar-refractivity contribution in [1.82, 2.24) is 5.32 Å². The van der Waals surface area contributed by atoms with E-state index in [1.807, 2.05) is 0 Å². The predicted octanol–water partition coefficient (Wildman–Crippen LogP) is 4.39. The number of halogens is 2. The van der Waals surface area contributed by atoms with Crippen LogP contribution in [0.4, 0.5) is 5.69 Å². The Morgan fingerprint density at radius 1 is 1.50 bits per heavy atom. The van der Waals surface area contributed by atoms with Gasteiger partial charge in [0.15, 0.2) is 0 Å². The zero-order valence-corrected chi connectivity index (χ0v) is 14.4. The van der Waals surface area contributed by atoms with Gasteiger partial charge in [-0.2, -0.15) is 0 Å². The molecule has 18 heavy (non-hydrogen) atoms. The van der Waals surface area contributed by atoms with E-state index in [1.54, 1.807) is 0 Å². The fourth-order valence-corrected chi connectivity index (χ4v) is 3.34. The minimum Gasteiger partial charge on any atom is -0.382 e. The smallest absolute Gasteiger partial charge is 0.0497 e. The van der Waals surface area contributed by atoms with Gasteiger partial charge in [-0.1, -0.05) is 6.42 Å². The van der Waals surface area contributed by atoms with Crippen LogP contribution in [0.5, 0.6) is 0 Å². The maximum absolute atomic E-state index is 3.61. The Labute approximate surface area is 132 Å². The summed E-state index contributed by atoms with van der Waals surface area (Å²) in [5.41, 5.74) is 1.20. The van der Waals surface area contributed by atoms with Crippen molar-refractivity contribution in [1.29, 1.82) is 0 Å². The number of anilines is 1. The fourth-order valence-electron chi connectivity index (χ4n) is 2.48. The third-order valence-electron chi connectivity index (χ3n) is 3.38. The molecule has 1 saturated heterocycles. The van der Waals surface area contributed by atoms with E-state index in [-0.39, 0.29) is 0 Å². The van der Waals surface area contributed by atoms with Gasteiger partial charge in [0, 0.05) is 25.8 Å². The van der Waals surface area contributed by atoms with Crippen LogP contribution in [-0.2, 0) is 0 Å². The van der Waals surface area contributed by atoms with Crippen LogP contribution < -0.4 is 10.6 Å². The van der Waals surface area contributed by atoms with E-state index in [0.717, 1.165) is 4.47 Å². The molecule has 0 saturated carbocycles. The lowest BCUT2D eigenvalue weighted by Gasteiger charge is -2.27. The summed E-state index contributed by atoms with van der Waals surface area (Å²) >= 11 is 5.95. The molecule has 1 heterocycles. The minimum absolute atomic E-state index is 0.495. The molecular weight excluding hydrogens is 403 g/mol. The lowest BCUT2D eigenvalue weighted by Crippen LogP contribution is -2.37. The van der Waals surface area contributed by atoms with E-state index >= 15 is 0 Å². The maximum Gasteiger partial charge on any atom is 0.0497 e. The van der Waals surface area contributed by atoms with Crippen molar-refractivity contribution >= 4 is 44.2 Å². The van der Waals surface area contributed by atoms with E-state index < -0.39 is 0 Å². The van der Waals surface area contributed by atoms with Crippen molar-refractivity contribution in [3.8, 4) is 0 Å². The van der Waals surface area contributed by atoms with Gasteiger partial charge in [0.25, 0.3) is 0 Å². The lowest BCUT2D eigenvalue weighted by atomic mass is 9.99. The summed E-state index contributed by atoms with van der Waals surface area (Å²) in [6.07, 6.45) is 5.22. The summed E-state index contributed by atoms with van der Waals surface area (Å²) < 4.78 is 2.41. The van der Waals surface area contributed by atoms with Crippen LogP contribution in [0.3, 0.4) is 0 Å². The third-order valence-corrected chi connectivity index (χ3v) is 4.74. The van der Waals surface area contributed by atoms with Crippen LogP contribution >= 0.6 is 38.5 Å². The molecule has 1 aromatic rings. The number of hydrogen-bond donors (Lipinski definition) is 2. The molecule has 2 nitrogen and oxygen atoms in total. The molecule has 0 radical (unpaired) electrons. The van der Waals surface area contributed by atoms with Crippen LogP contribution in [0.1, 0.15) is 32.6 Å². The van der Waals surface area contributed by atoms with Crippen LogP contribution in [-0.4, -0.2) is 18.6 Å². The van der Waals surface area contributed by atoms with Gasteiger partial charge in [-0.05, 0) is 89.5 Å². The molecular formula is C14H20BrIN2. The maximum atomic E-state index is 3.61. The van der Waals surface area contributed by atoms with Crippen LogP contribution in [0.2, 0.25) is 0 Å². The first kappa shape index (κ1) is 14.6. The minimum atomic E-state index is 0.495. The fraction of sp³-hybridized carbons (Fsp3) is 0.571. The number of nitrogens with one attached hydrogen (secondary N) is 2. The second-order valence-corrected chi connectivity index (χ2v) is 7.15. The van der Waals surface area contributed by atoms with E-state index in [2.05, 4.69) is 74.3 Å². The predicted molar refractivity (Wildman–Crippen MR) is 90.2 cm³/mol. The Balaban J connectivity index is 1.89. The molecule has 1 fully saturated rings. The van der Waals surface area contributed by atoms with Gasteiger partial charge >= 0.3 is 0 Å². The second kappa shape index (κ2) is 7.10. The second-order valence-electron chi connectivity index (χ2n) is 5.05. The van der Waals surface area contributed by atoms with Gasteiger partial charge in [-0.25, -0.2) is 0 Å². The average Bonchev–Trinajstić information content (AvgIpc) is 2.35. The zero-order chi connectivity index (χ0) is 13.0. The van der Waals surface area contributed by atoms with E-state index in [9.17, 15) is 0 Å². The highest BCUT2D eigenvalue weighted by molar-refractivity contribution is 14.1. The molecule has 0 aliphatic carbocycles. The highest BCUT2D eigenvalue weighted by Crippen LogP contribution is 2.26. The number of piperidine rings is 1. The van der Waals surface area contributed by atoms with Crippen molar-refractivity contribution in [3.05, 3.63) is 26.2 Å². The first-order chi connectivity index (χ1) is 8.65. The normalized spacial score (nSPS) is 21.6. The van der Waals surface area contributed by atoms with Gasteiger partial charge in [0.2, 0.25) is 0 Å². The summed E-state index contributed by atoms with van der Waals surface area (Å²) in [5.74, 6) is 0. The molecule has 100 valence electrons. The highest BCUT2D eigenvalue weighted by atomic mass is 127. The number of rotatable bonds is 4. The zero-order valence-electron chi connectivity index (χ0n) is 10.7. The number of benzene rings is 1. The highest BCUT2D eigenvalue weighted by Gasteiger charge is 2.16. The average molecular weight is 423 g/mol. The van der Waals surface area contributed by atoms with Crippen LogP contribution in [0.25, 0.3) is 0 Å². The summed E-state index contributed by atoms with van der Waals surface area (Å²) in [7, 11) is 0. The quantitative estimate of drug-likeness (QED) is 0.703. The monoisotopic (exact) mass is 422 g/mol. The van der Waals surface area contributed by atoms with Gasteiger partial charge in [0.05, 0.1) is 0 Å². The third kappa shape index (κ3) is 4.38. The SMILES string of the molecule is CC(CC1CCCCN1)Nc1cc(I)ccc1Br. The molecule has 0 spiro atoms. The van der Waals surface area contributed by atoms with Gasteiger partial charge in [-0.3, -0.25) is 0 Å². The Bertz CT molecular complexity index is 391. The summed E-state index contributed by atoms with van der Waals surface area (Å²) in [5, 5.41) is 7.22. The summed E-state index contributed by atoms with van der Waals surface area (Å²) in [6.45, 7) is 3.45. The van der Waals surface area contributed by atoms with Crippen molar-refractivity contribution in [2.45, 2.75) is 44.7 Å². The Kier molecular flexibility index (Phi) is 5.76. The first-order valence-electron chi connectivity index (χ1n) is 6.60. The van der Waals surface area contributed by atoms with Crippen LogP contribution in [0, 0.1) is 3.57 Å². The topological polar surface area (TPSA) is 24.1 Å². The molecule has 1 aliphatic heterocycles. The van der Waals surface area contributed by atoms with E-state index in [0.29, 0.717) is 12.1 Å². The van der Waals surface area contributed by atoms with Gasteiger partial charge in [-0.15, -0.1) is 0 Å². The van der Waals surface area contributed by atoms with Crippen LogP contribution in [0.15, 0.2) is 22.7 Å². The van der Waals surface area contributed by atoms with Crippen molar-refractivity contribution in [2.75, 3.05) is 11.9 Å². The molecule has 2 atom stereocenters. The molecule has 1 aliphatic rings. The van der Waals surface area contributed by atoms with Gasteiger partial charge in [0.1, 0.15) is 0 Å². The molecule has 1 aromatic carbocycles. The standard InChI is InChI=1S/C14H20BrIN2/c1-10(8-12-4-2-3-7-17-12)18-14-9-11(16)5-6-13(14)15/h5-6,9-10,12,17-18H,2-4,7-8H2,1H3. The Morgan fingerprint density at radius 3 is 3.06 bits per heavy atom. The van der Waals surface area contributed by atoms with Crippen molar-refractivity contribution in [2.24, 2.45) is 0 Å². The van der Waals surface area contributed by atoms with Crippen molar-refractivity contribution in [3.63, 3.8) is 0 Å². The molecule has 0 amide bonds. The number of hydrogen-bond acceptors (Lipinski definition) is 2. The van der Waals surface area contributed by atoms with Crippen molar-refractivity contribution < 1.29 is 0 Å². The summed E-state index contributed by atoms with van der Waals surface area (Å²) in [6, 6.07) is 7.59. The molecule has 2 N–H and O–H groups in total. The van der Waals surface area contributed by atoms with E-state index in [4.69, 9.17) is 0 Å². The van der Waals surface area contributed by atoms with E-state index in [1.165, 1.54) is 41.5 Å². The molecule has 2 unspecified atom stereocenters. The molecule has 4 heteroatoms. The Hall–Kier alpha value is 0.190. The first-order valence-corrected chi connectivity index (χ1v) is 8.47. The Morgan fingerprint density at radius 2 is 2.33 bits per heavy atom. The molecule has 0 bridgehead atoms.